The molecule has 1 aromatic rings. The molecule has 5 heteroatoms. The van der Waals surface area contributed by atoms with E-state index in [1.54, 1.807) is 25.3 Å². The third-order valence-corrected chi connectivity index (χ3v) is 3.58. The van der Waals surface area contributed by atoms with E-state index < -0.39 is 0 Å². The Morgan fingerprint density at radius 3 is 2.60 bits per heavy atom. The lowest BCUT2D eigenvalue weighted by Gasteiger charge is -2.32. The number of hydrogen-bond donors (Lipinski definition) is 0. The fraction of sp³-hybridized carbons (Fsp3) is 0.533. The minimum Gasteiger partial charge on any atom is -0.493 e. The Bertz CT molecular complexity index is 443. The molecule has 1 fully saturated rings. The van der Waals surface area contributed by atoms with Gasteiger partial charge in [-0.15, -0.1) is 0 Å². The van der Waals surface area contributed by atoms with Crippen LogP contribution in [0.1, 0.15) is 10.4 Å². The summed E-state index contributed by atoms with van der Waals surface area (Å²) < 4.78 is 11.0. The van der Waals surface area contributed by atoms with Crippen molar-refractivity contribution in [1.29, 1.82) is 0 Å². The summed E-state index contributed by atoms with van der Waals surface area (Å²) in [6, 6.07) is 5.21. The molecule has 1 heterocycles. The van der Waals surface area contributed by atoms with Gasteiger partial charge in [0.2, 0.25) is 0 Å². The van der Waals surface area contributed by atoms with Crippen LogP contribution in [0.3, 0.4) is 0 Å². The van der Waals surface area contributed by atoms with Crippen LogP contribution in [0.2, 0.25) is 0 Å². The maximum atomic E-state index is 10.7. The second-order valence-corrected chi connectivity index (χ2v) is 5.02. The highest BCUT2D eigenvalue weighted by Gasteiger charge is 2.13. The monoisotopic (exact) mass is 278 g/mol. The van der Waals surface area contributed by atoms with Gasteiger partial charge in [-0.2, -0.15) is 0 Å². The number of benzene rings is 1. The third kappa shape index (κ3) is 3.95. The molecule has 0 saturated carbocycles. The van der Waals surface area contributed by atoms with Crippen molar-refractivity contribution >= 4 is 6.29 Å². The molecule has 0 N–H and O–H groups in total. The number of piperazine rings is 1. The smallest absolute Gasteiger partial charge is 0.161 e. The van der Waals surface area contributed by atoms with E-state index in [2.05, 4.69) is 16.8 Å². The number of hydrogen-bond acceptors (Lipinski definition) is 5. The molecule has 0 aromatic heterocycles. The van der Waals surface area contributed by atoms with Gasteiger partial charge in [0.1, 0.15) is 12.9 Å². The van der Waals surface area contributed by atoms with Crippen molar-refractivity contribution in [2.75, 3.05) is 53.5 Å². The standard InChI is InChI=1S/C15H22N2O3/c1-16-5-7-17(8-6-16)9-10-20-14-4-3-13(12-18)11-15(14)19-2/h3-4,11-12H,5-10H2,1-2H3. The van der Waals surface area contributed by atoms with Crippen molar-refractivity contribution < 1.29 is 14.3 Å². The van der Waals surface area contributed by atoms with Gasteiger partial charge in [-0.25, -0.2) is 0 Å². The number of aldehydes is 1. The number of likely N-dealkylation sites (N-methyl/N-ethyl adjacent to an activating group) is 1. The third-order valence-electron chi connectivity index (χ3n) is 3.58. The van der Waals surface area contributed by atoms with E-state index in [9.17, 15) is 4.79 Å². The molecular formula is C15H22N2O3. The highest BCUT2D eigenvalue weighted by Crippen LogP contribution is 2.27. The second kappa shape index (κ2) is 7.26. The van der Waals surface area contributed by atoms with Gasteiger partial charge in [0.15, 0.2) is 11.5 Å². The van der Waals surface area contributed by atoms with E-state index >= 15 is 0 Å². The Labute approximate surface area is 120 Å². The Kier molecular flexibility index (Phi) is 5.38. The van der Waals surface area contributed by atoms with Crippen LogP contribution in [0.25, 0.3) is 0 Å². The Morgan fingerprint density at radius 1 is 1.20 bits per heavy atom. The van der Waals surface area contributed by atoms with Gasteiger partial charge in [0.05, 0.1) is 7.11 Å². The molecule has 0 atom stereocenters. The van der Waals surface area contributed by atoms with Crippen LogP contribution in [0.15, 0.2) is 18.2 Å². The molecule has 1 saturated heterocycles. The lowest BCUT2D eigenvalue weighted by molar-refractivity contribution is 0.112. The number of methoxy groups -OCH3 is 1. The number of rotatable bonds is 6. The molecule has 1 aliphatic heterocycles. The van der Waals surface area contributed by atoms with Gasteiger partial charge in [0, 0.05) is 38.3 Å². The summed E-state index contributed by atoms with van der Waals surface area (Å²) in [6.07, 6.45) is 0.802. The van der Waals surface area contributed by atoms with E-state index in [1.165, 1.54) is 0 Å². The molecule has 0 bridgehead atoms. The summed E-state index contributed by atoms with van der Waals surface area (Å²) in [5, 5.41) is 0. The van der Waals surface area contributed by atoms with Gasteiger partial charge in [-0.3, -0.25) is 9.69 Å². The first-order valence-corrected chi connectivity index (χ1v) is 6.90. The maximum Gasteiger partial charge on any atom is 0.161 e. The average Bonchev–Trinajstić information content (AvgIpc) is 2.49. The lowest BCUT2D eigenvalue weighted by Crippen LogP contribution is -2.45. The molecule has 20 heavy (non-hydrogen) atoms. The van der Waals surface area contributed by atoms with Crippen LogP contribution < -0.4 is 9.47 Å². The van der Waals surface area contributed by atoms with E-state index in [0.29, 0.717) is 23.7 Å². The molecule has 0 unspecified atom stereocenters. The zero-order valence-corrected chi connectivity index (χ0v) is 12.2. The van der Waals surface area contributed by atoms with Crippen LogP contribution in [0.5, 0.6) is 11.5 Å². The lowest BCUT2D eigenvalue weighted by atomic mass is 10.2. The predicted octanol–water partition coefficient (Wildman–Crippen LogP) is 1.13. The Hall–Kier alpha value is -1.59. The van der Waals surface area contributed by atoms with Crippen LogP contribution in [0, 0.1) is 0 Å². The van der Waals surface area contributed by atoms with Crippen LogP contribution in [0.4, 0.5) is 0 Å². The number of nitrogens with zero attached hydrogens (tertiary/aromatic N) is 2. The van der Waals surface area contributed by atoms with Crippen molar-refractivity contribution in [3.63, 3.8) is 0 Å². The van der Waals surface area contributed by atoms with Gasteiger partial charge in [-0.1, -0.05) is 0 Å². The summed E-state index contributed by atoms with van der Waals surface area (Å²) in [5.41, 5.74) is 0.591. The Morgan fingerprint density at radius 2 is 1.95 bits per heavy atom. The normalized spacial score (nSPS) is 16.9. The summed E-state index contributed by atoms with van der Waals surface area (Å²) in [7, 11) is 3.73. The molecule has 2 rings (SSSR count). The first-order valence-electron chi connectivity index (χ1n) is 6.90. The summed E-state index contributed by atoms with van der Waals surface area (Å²) in [6.45, 7) is 5.92. The highest BCUT2D eigenvalue weighted by molar-refractivity contribution is 5.76. The largest absolute Gasteiger partial charge is 0.493 e. The minimum atomic E-state index is 0.591. The highest BCUT2D eigenvalue weighted by atomic mass is 16.5. The van der Waals surface area contributed by atoms with E-state index in [4.69, 9.17) is 9.47 Å². The van der Waals surface area contributed by atoms with Crippen LogP contribution >= 0.6 is 0 Å². The zero-order valence-electron chi connectivity index (χ0n) is 12.2. The minimum absolute atomic E-state index is 0.591. The van der Waals surface area contributed by atoms with Crippen molar-refractivity contribution in [3.8, 4) is 11.5 Å². The first kappa shape index (κ1) is 14.8. The van der Waals surface area contributed by atoms with Gasteiger partial charge in [-0.05, 0) is 25.2 Å². The fourth-order valence-corrected chi connectivity index (χ4v) is 2.23. The molecule has 0 amide bonds. The summed E-state index contributed by atoms with van der Waals surface area (Å²) in [4.78, 5) is 15.5. The van der Waals surface area contributed by atoms with Crippen molar-refractivity contribution in [2.45, 2.75) is 0 Å². The molecule has 1 aromatic carbocycles. The molecule has 0 spiro atoms. The number of carbonyl (C=O) groups excluding carboxylic acids is 1. The van der Waals surface area contributed by atoms with Crippen LogP contribution in [-0.4, -0.2) is 69.6 Å². The molecule has 5 nitrogen and oxygen atoms in total. The molecule has 0 radical (unpaired) electrons. The van der Waals surface area contributed by atoms with Crippen molar-refractivity contribution in [2.24, 2.45) is 0 Å². The molecular weight excluding hydrogens is 256 g/mol. The maximum absolute atomic E-state index is 10.7. The summed E-state index contributed by atoms with van der Waals surface area (Å²) >= 11 is 0. The van der Waals surface area contributed by atoms with Gasteiger partial charge >= 0.3 is 0 Å². The van der Waals surface area contributed by atoms with E-state index in [-0.39, 0.29) is 0 Å². The molecule has 1 aliphatic rings. The first-order chi connectivity index (χ1) is 9.72. The number of ether oxygens (including phenoxy) is 2. The molecule has 110 valence electrons. The quantitative estimate of drug-likeness (QED) is 0.730. The zero-order chi connectivity index (χ0) is 14.4. The van der Waals surface area contributed by atoms with Crippen LogP contribution in [-0.2, 0) is 0 Å². The van der Waals surface area contributed by atoms with Gasteiger partial charge < -0.3 is 14.4 Å². The summed E-state index contributed by atoms with van der Waals surface area (Å²) in [5.74, 6) is 1.29. The Balaban J connectivity index is 1.83. The molecule has 0 aliphatic carbocycles. The van der Waals surface area contributed by atoms with Gasteiger partial charge in [0.25, 0.3) is 0 Å². The fourth-order valence-electron chi connectivity index (χ4n) is 2.23. The SMILES string of the molecule is COc1cc(C=O)ccc1OCCN1CCN(C)CC1. The topological polar surface area (TPSA) is 42.0 Å². The second-order valence-electron chi connectivity index (χ2n) is 5.02. The predicted molar refractivity (Wildman–Crippen MR) is 77.8 cm³/mol. The van der Waals surface area contributed by atoms with Crippen molar-refractivity contribution in [1.82, 2.24) is 9.80 Å². The van der Waals surface area contributed by atoms with Crippen molar-refractivity contribution in [3.05, 3.63) is 23.8 Å². The van der Waals surface area contributed by atoms with E-state index in [1.807, 2.05) is 0 Å². The number of carbonyl (C=O) groups is 1. The average molecular weight is 278 g/mol. The van der Waals surface area contributed by atoms with E-state index in [0.717, 1.165) is 39.0 Å².